The third-order valence-corrected chi connectivity index (χ3v) is 1.37. The number of carbonyl (C=O) groups is 1. The van der Waals surface area contributed by atoms with E-state index in [0.29, 0.717) is 0 Å². The van der Waals surface area contributed by atoms with Crippen molar-refractivity contribution in [3.8, 4) is 12.3 Å². The quantitative estimate of drug-likeness (QED) is 0.581. The molecule has 2 nitrogen and oxygen atoms in total. The average molecular weight is 139 g/mol. The molecular formula is C8H13NO. The topological polar surface area (TPSA) is 43.1 Å². The number of hydrogen-bond acceptors (Lipinski definition) is 2. The molecule has 0 aliphatic rings. The van der Waals surface area contributed by atoms with Crippen LogP contribution in [-0.2, 0) is 4.79 Å². The largest absolute Gasteiger partial charge is 0.321 e. The minimum absolute atomic E-state index is 0.0440. The van der Waals surface area contributed by atoms with Crippen molar-refractivity contribution < 1.29 is 4.79 Å². The van der Waals surface area contributed by atoms with Crippen LogP contribution in [0.25, 0.3) is 0 Å². The summed E-state index contributed by atoms with van der Waals surface area (Å²) in [5.74, 6) is 2.41. The minimum Gasteiger partial charge on any atom is -0.321 e. The molecule has 0 heterocycles. The van der Waals surface area contributed by atoms with Crippen molar-refractivity contribution in [2.75, 3.05) is 0 Å². The van der Waals surface area contributed by atoms with Crippen LogP contribution >= 0.6 is 0 Å². The average Bonchev–Trinajstić information content (AvgIpc) is 1.87. The summed E-state index contributed by atoms with van der Waals surface area (Å²) in [5.41, 5.74) is 5.50. The summed E-state index contributed by atoms with van der Waals surface area (Å²) >= 11 is 0. The van der Waals surface area contributed by atoms with Crippen LogP contribution in [0.3, 0.4) is 0 Å². The van der Waals surface area contributed by atoms with E-state index in [1.54, 1.807) is 0 Å². The third kappa shape index (κ3) is 2.65. The molecule has 0 aromatic carbocycles. The summed E-state index contributed by atoms with van der Waals surface area (Å²) in [5, 5.41) is 0. The maximum atomic E-state index is 10.9. The molecule has 0 fully saturated rings. The van der Waals surface area contributed by atoms with E-state index >= 15 is 0 Å². The monoisotopic (exact) mass is 139 g/mol. The fourth-order valence-corrected chi connectivity index (χ4v) is 0.590. The Labute approximate surface area is 61.8 Å². The SMILES string of the molecule is C#CCC(=O)C(N)C(C)C. The molecule has 0 aromatic rings. The molecule has 0 aliphatic heterocycles. The Morgan fingerprint density at radius 2 is 2.20 bits per heavy atom. The van der Waals surface area contributed by atoms with Gasteiger partial charge in [0.05, 0.1) is 12.5 Å². The summed E-state index contributed by atoms with van der Waals surface area (Å²) < 4.78 is 0. The van der Waals surface area contributed by atoms with Gasteiger partial charge in [-0.05, 0) is 5.92 Å². The fraction of sp³-hybridized carbons (Fsp3) is 0.625. The second kappa shape index (κ2) is 4.08. The molecule has 0 aliphatic carbocycles. The van der Waals surface area contributed by atoms with Gasteiger partial charge in [0.15, 0.2) is 5.78 Å². The summed E-state index contributed by atoms with van der Waals surface area (Å²) in [6.07, 6.45) is 5.09. The molecule has 0 spiro atoms. The van der Waals surface area contributed by atoms with E-state index in [0.717, 1.165) is 0 Å². The third-order valence-electron chi connectivity index (χ3n) is 1.37. The zero-order valence-corrected chi connectivity index (χ0v) is 6.42. The molecule has 0 amide bonds. The first kappa shape index (κ1) is 9.19. The molecule has 0 saturated carbocycles. The molecule has 2 N–H and O–H groups in total. The van der Waals surface area contributed by atoms with Gasteiger partial charge < -0.3 is 5.73 Å². The molecule has 56 valence electrons. The lowest BCUT2D eigenvalue weighted by molar-refractivity contribution is -0.120. The summed E-state index contributed by atoms with van der Waals surface area (Å²) in [4.78, 5) is 10.9. The molecule has 2 heteroatoms. The summed E-state index contributed by atoms with van der Waals surface area (Å²) in [6.45, 7) is 3.80. The second-order valence-corrected chi connectivity index (χ2v) is 2.62. The predicted molar refractivity (Wildman–Crippen MR) is 41.3 cm³/mol. The van der Waals surface area contributed by atoms with E-state index in [-0.39, 0.29) is 18.1 Å². The first-order valence-corrected chi connectivity index (χ1v) is 3.31. The minimum atomic E-state index is -0.393. The Bertz CT molecular complexity index is 155. The van der Waals surface area contributed by atoms with E-state index < -0.39 is 6.04 Å². The van der Waals surface area contributed by atoms with Gasteiger partial charge in [-0.2, -0.15) is 0 Å². The summed E-state index contributed by atoms with van der Waals surface area (Å²) in [7, 11) is 0. The highest BCUT2D eigenvalue weighted by Crippen LogP contribution is 2.00. The molecule has 1 unspecified atom stereocenters. The highest BCUT2D eigenvalue weighted by atomic mass is 16.1. The van der Waals surface area contributed by atoms with Gasteiger partial charge in [-0.15, -0.1) is 6.42 Å². The van der Waals surface area contributed by atoms with Gasteiger partial charge in [-0.25, -0.2) is 0 Å². The van der Waals surface area contributed by atoms with Crippen LogP contribution in [0.1, 0.15) is 20.3 Å². The van der Waals surface area contributed by atoms with E-state index in [1.165, 1.54) is 0 Å². The predicted octanol–water partition coefficient (Wildman–Crippen LogP) is 0.562. The second-order valence-electron chi connectivity index (χ2n) is 2.62. The van der Waals surface area contributed by atoms with Gasteiger partial charge >= 0.3 is 0 Å². The van der Waals surface area contributed by atoms with Crippen LogP contribution < -0.4 is 5.73 Å². The van der Waals surface area contributed by atoms with Crippen molar-refractivity contribution in [1.82, 2.24) is 0 Å². The molecule has 0 saturated heterocycles. The van der Waals surface area contributed by atoms with E-state index in [4.69, 9.17) is 12.2 Å². The normalized spacial score (nSPS) is 12.7. The number of rotatable bonds is 3. The Kier molecular flexibility index (Phi) is 3.75. The lowest BCUT2D eigenvalue weighted by atomic mass is 9.99. The number of Topliss-reactive ketones (excluding diaryl/α,β-unsaturated/α-hetero) is 1. The first-order valence-electron chi connectivity index (χ1n) is 3.31. The maximum Gasteiger partial charge on any atom is 0.161 e. The van der Waals surface area contributed by atoms with Crippen molar-refractivity contribution in [1.29, 1.82) is 0 Å². The lowest BCUT2D eigenvalue weighted by Gasteiger charge is -2.11. The molecule has 0 bridgehead atoms. The molecule has 1 atom stereocenters. The number of terminal acetylenes is 1. The van der Waals surface area contributed by atoms with Crippen molar-refractivity contribution in [2.24, 2.45) is 11.7 Å². The molecule has 0 aromatic heterocycles. The van der Waals surface area contributed by atoms with Crippen LogP contribution in [0.5, 0.6) is 0 Å². The molecule has 0 radical (unpaired) electrons. The maximum absolute atomic E-state index is 10.9. The highest BCUT2D eigenvalue weighted by molar-refractivity contribution is 5.85. The number of hydrogen-bond donors (Lipinski definition) is 1. The summed E-state index contributed by atoms with van der Waals surface area (Å²) in [6, 6.07) is -0.393. The van der Waals surface area contributed by atoms with Crippen molar-refractivity contribution in [3.63, 3.8) is 0 Å². The standard InChI is InChI=1S/C8H13NO/c1-4-5-7(10)8(9)6(2)3/h1,6,8H,5,9H2,2-3H3. The van der Waals surface area contributed by atoms with E-state index in [9.17, 15) is 4.79 Å². The number of carbonyl (C=O) groups excluding carboxylic acids is 1. The Hall–Kier alpha value is -0.810. The highest BCUT2D eigenvalue weighted by Gasteiger charge is 2.14. The Balaban J connectivity index is 3.85. The van der Waals surface area contributed by atoms with Gasteiger partial charge in [0.1, 0.15) is 0 Å². The molecule has 10 heavy (non-hydrogen) atoms. The molecule has 0 rings (SSSR count). The zero-order chi connectivity index (χ0) is 8.15. The van der Waals surface area contributed by atoms with E-state index in [2.05, 4.69) is 5.92 Å². The Morgan fingerprint density at radius 1 is 1.70 bits per heavy atom. The van der Waals surface area contributed by atoms with Crippen molar-refractivity contribution in [3.05, 3.63) is 0 Å². The number of ketones is 1. The van der Waals surface area contributed by atoms with E-state index in [1.807, 2.05) is 13.8 Å². The van der Waals surface area contributed by atoms with Crippen molar-refractivity contribution >= 4 is 5.78 Å². The van der Waals surface area contributed by atoms with Gasteiger partial charge in [0.2, 0.25) is 0 Å². The van der Waals surface area contributed by atoms with Gasteiger partial charge in [-0.1, -0.05) is 19.8 Å². The van der Waals surface area contributed by atoms with Gasteiger partial charge in [0, 0.05) is 0 Å². The van der Waals surface area contributed by atoms with Gasteiger partial charge in [-0.3, -0.25) is 4.79 Å². The fourth-order valence-electron chi connectivity index (χ4n) is 0.590. The van der Waals surface area contributed by atoms with Crippen LogP contribution in [0.4, 0.5) is 0 Å². The van der Waals surface area contributed by atoms with Crippen LogP contribution in [0.15, 0.2) is 0 Å². The smallest absolute Gasteiger partial charge is 0.161 e. The van der Waals surface area contributed by atoms with Gasteiger partial charge in [0.25, 0.3) is 0 Å². The molecular weight excluding hydrogens is 126 g/mol. The first-order chi connectivity index (χ1) is 4.59. The van der Waals surface area contributed by atoms with Crippen LogP contribution in [0, 0.1) is 18.3 Å². The van der Waals surface area contributed by atoms with Crippen LogP contribution in [-0.4, -0.2) is 11.8 Å². The zero-order valence-electron chi connectivity index (χ0n) is 6.42. The van der Waals surface area contributed by atoms with Crippen LogP contribution in [0.2, 0.25) is 0 Å². The number of nitrogens with two attached hydrogens (primary N) is 1. The van der Waals surface area contributed by atoms with Crippen molar-refractivity contribution in [2.45, 2.75) is 26.3 Å². The Morgan fingerprint density at radius 3 is 2.50 bits per heavy atom. The lowest BCUT2D eigenvalue weighted by Crippen LogP contribution is -2.35.